The molecular weight excluding hydrogens is 814 g/mol. The molecule has 0 aliphatic rings. The van der Waals surface area contributed by atoms with Crippen LogP contribution in [0.15, 0.2) is 97.1 Å². The van der Waals surface area contributed by atoms with Crippen molar-refractivity contribution < 1.29 is 50.7 Å². The van der Waals surface area contributed by atoms with E-state index in [0.29, 0.717) is 11.8 Å². The second kappa shape index (κ2) is 22.8. The fraction of sp³-hybridized carbons (Fsp3) is 0.450. The summed E-state index contributed by atoms with van der Waals surface area (Å²) in [4.78, 5) is 0. The summed E-state index contributed by atoms with van der Waals surface area (Å²) in [7, 11) is -2.24. The molecule has 0 N–H and O–H groups in total. The van der Waals surface area contributed by atoms with E-state index in [2.05, 4.69) is 179 Å². The number of hydrogen-bond donors (Lipinski definition) is 0. The van der Waals surface area contributed by atoms with Crippen molar-refractivity contribution in [2.45, 2.75) is 117 Å². The molecule has 0 heterocycles. The van der Waals surface area contributed by atoms with Crippen LogP contribution in [0.3, 0.4) is 0 Å². The second-order valence-corrected chi connectivity index (χ2v) is 25.6. The molecule has 0 saturated heterocycles. The van der Waals surface area contributed by atoms with Gasteiger partial charge in [-0.3, -0.25) is 0 Å². The number of hydrogen-bond acceptors (Lipinski definition) is 0. The van der Waals surface area contributed by atoms with Crippen LogP contribution >= 0.6 is 0 Å². The maximum atomic E-state index is 2.43. The van der Waals surface area contributed by atoms with Gasteiger partial charge in [-0.15, -0.1) is 0 Å². The van der Waals surface area contributed by atoms with Gasteiger partial charge >= 0.3 is 25.8 Å². The van der Waals surface area contributed by atoms with Crippen LogP contribution in [-0.4, -0.2) is 25.7 Å². The molecule has 2 unspecified atom stereocenters. The average molecular weight is 876 g/mol. The van der Waals surface area contributed by atoms with Gasteiger partial charge in [0.25, 0.3) is 0 Å². The molecule has 4 rings (SSSR count). The summed E-state index contributed by atoms with van der Waals surface area (Å²) < 4.78 is 0. The van der Waals surface area contributed by atoms with Gasteiger partial charge < -0.3 is 24.8 Å². The van der Waals surface area contributed by atoms with Gasteiger partial charge in [0.1, 0.15) is 0 Å². The van der Waals surface area contributed by atoms with Gasteiger partial charge in [0.05, 0.1) is 0 Å². The van der Waals surface area contributed by atoms with Crippen LogP contribution in [0.1, 0.15) is 91.2 Å². The first-order valence-electron chi connectivity index (χ1n) is 16.7. The van der Waals surface area contributed by atoms with Crippen LogP contribution < -0.4 is 45.6 Å². The Morgan fingerprint density at radius 1 is 0.543 bits per heavy atom. The zero-order chi connectivity index (χ0) is 32.2. The van der Waals surface area contributed by atoms with Crippen LogP contribution in [0.2, 0.25) is 37.3 Å². The smallest absolute Gasteiger partial charge is 1.00 e. The van der Waals surface area contributed by atoms with Crippen LogP contribution in [0.4, 0.5) is 0 Å². The van der Waals surface area contributed by atoms with E-state index in [1.165, 1.54) is 34.3 Å². The van der Waals surface area contributed by atoms with E-state index in [4.69, 9.17) is 0 Å². The molecule has 0 nitrogen and oxygen atoms in total. The van der Waals surface area contributed by atoms with Gasteiger partial charge in [-0.25, -0.2) is 12.1 Å². The molecule has 46 heavy (non-hydrogen) atoms. The standard InChI is InChI=1S/2C16H21Si.C8H19Si.2ClH.Hf/c2*1-13(2)14-10-11-16(12-14)17(3,4)15-8-6-5-7-9-15;1-5-7(3)9-8(4)6-2;;;/h2*5-13H,1-4H3;7-9H,5-6H2,1-4H3;2*1H;/q2*-1;;;;+4/p-2. The molecule has 4 aromatic carbocycles. The van der Waals surface area contributed by atoms with Crippen molar-refractivity contribution in [1.82, 2.24) is 0 Å². The maximum absolute atomic E-state index is 2.43. The van der Waals surface area contributed by atoms with Gasteiger partial charge in [-0.2, -0.15) is 45.8 Å². The molecule has 1 radical (unpaired) electrons. The largest absolute Gasteiger partial charge is 4.00 e. The predicted molar refractivity (Wildman–Crippen MR) is 205 cm³/mol. The summed E-state index contributed by atoms with van der Waals surface area (Å²) >= 11 is 0. The van der Waals surface area contributed by atoms with Gasteiger partial charge in [0, 0.05) is 25.7 Å². The van der Waals surface area contributed by atoms with Crippen molar-refractivity contribution >= 4 is 46.4 Å². The molecular formula is C40H61Cl2HfSi3. The molecule has 0 spiro atoms. The first-order chi connectivity index (χ1) is 20.2. The molecule has 0 aliphatic carbocycles. The van der Waals surface area contributed by atoms with Gasteiger partial charge in [0.15, 0.2) is 0 Å². The van der Waals surface area contributed by atoms with Crippen LogP contribution in [-0.2, 0) is 25.8 Å². The predicted octanol–water partition coefficient (Wildman–Crippen LogP) is 3.57. The summed E-state index contributed by atoms with van der Waals surface area (Å²) in [6, 6.07) is 35.9. The minimum Gasteiger partial charge on any atom is -1.00 e. The Kier molecular flexibility index (Phi) is 23.5. The fourth-order valence-electron chi connectivity index (χ4n) is 5.30. The third-order valence-corrected chi connectivity index (χ3v) is 18.6. The van der Waals surface area contributed by atoms with Crippen molar-refractivity contribution in [2.24, 2.45) is 0 Å². The Morgan fingerprint density at radius 2 is 0.848 bits per heavy atom. The topological polar surface area (TPSA) is 0 Å². The van der Waals surface area contributed by atoms with Crippen molar-refractivity contribution in [3.63, 3.8) is 0 Å². The van der Waals surface area contributed by atoms with Gasteiger partial charge in [0.2, 0.25) is 0 Å². The quantitative estimate of drug-likeness (QED) is 0.169. The van der Waals surface area contributed by atoms with Crippen LogP contribution in [0, 0.1) is 0 Å². The average Bonchev–Trinajstić information content (AvgIpc) is 3.71. The van der Waals surface area contributed by atoms with Crippen LogP contribution in [0.5, 0.6) is 0 Å². The molecule has 4 aromatic rings. The monoisotopic (exact) mass is 875 g/mol. The summed E-state index contributed by atoms with van der Waals surface area (Å²) in [6.45, 7) is 28.1. The minimum absolute atomic E-state index is 0. The third-order valence-electron chi connectivity index (χ3n) is 9.27. The van der Waals surface area contributed by atoms with Crippen molar-refractivity contribution in [1.29, 1.82) is 0 Å². The van der Waals surface area contributed by atoms with E-state index in [-0.39, 0.29) is 50.7 Å². The Balaban J connectivity index is 0. The number of halogens is 2. The first kappa shape index (κ1) is 47.4. The Labute approximate surface area is 320 Å². The van der Waals surface area contributed by atoms with Crippen molar-refractivity contribution in [2.75, 3.05) is 0 Å². The van der Waals surface area contributed by atoms with E-state index in [9.17, 15) is 0 Å². The van der Waals surface area contributed by atoms with E-state index < -0.39 is 16.1 Å². The number of rotatable bonds is 10. The molecule has 0 saturated carbocycles. The third kappa shape index (κ3) is 14.4. The first-order valence-corrected chi connectivity index (χ1v) is 24.1. The SMILES string of the molecule is CC(C)c1cc([Si](C)(C)c2ccccc2)c[cH-]1.CC(C)c1cc([Si](C)(C)c2ccccc2)c[cH-]1.CCC(C)[SiH]C(C)CC.[Cl-].[Cl-].[Hf+4]. The summed E-state index contributed by atoms with van der Waals surface area (Å²) in [6.07, 6.45) is 2.75. The Hall–Kier alpha value is -0.759. The van der Waals surface area contributed by atoms with Crippen molar-refractivity contribution in [3.8, 4) is 0 Å². The van der Waals surface area contributed by atoms with E-state index in [0.717, 1.165) is 20.6 Å². The normalized spacial score (nSPS) is 12.3. The molecule has 0 fully saturated rings. The molecule has 251 valence electrons. The molecule has 0 aromatic heterocycles. The minimum atomic E-state index is -1.48. The molecule has 6 heteroatoms. The van der Waals surface area contributed by atoms with Crippen molar-refractivity contribution in [3.05, 3.63) is 108 Å². The zero-order valence-corrected chi connectivity index (χ0v) is 39.1. The number of benzene rings is 2. The molecule has 0 aliphatic heterocycles. The van der Waals surface area contributed by atoms with Gasteiger partial charge in [-0.05, 0) is 11.8 Å². The second-order valence-electron chi connectivity index (χ2n) is 14.1. The van der Waals surface area contributed by atoms with E-state index in [1.54, 1.807) is 10.4 Å². The summed E-state index contributed by atoms with van der Waals surface area (Å²) in [5.74, 6) is 1.26. The zero-order valence-electron chi connectivity index (χ0n) is 30.8. The fourth-order valence-corrected chi connectivity index (χ4v) is 11.7. The Morgan fingerprint density at radius 3 is 1.09 bits per heavy atom. The van der Waals surface area contributed by atoms with Crippen LogP contribution in [0.25, 0.3) is 0 Å². The molecule has 2 atom stereocenters. The summed E-state index contributed by atoms with van der Waals surface area (Å²) in [5, 5.41) is 6.13. The van der Waals surface area contributed by atoms with Gasteiger partial charge in [-0.1, -0.05) is 177 Å². The molecule has 0 bridgehead atoms. The van der Waals surface area contributed by atoms with E-state index >= 15 is 0 Å². The van der Waals surface area contributed by atoms with E-state index in [1.807, 2.05) is 0 Å². The maximum Gasteiger partial charge on any atom is 4.00 e. The Bertz CT molecular complexity index is 1210. The molecule has 0 amide bonds. The summed E-state index contributed by atoms with van der Waals surface area (Å²) in [5.41, 5.74) is 4.97.